The second-order valence-corrected chi connectivity index (χ2v) is 17.8. The van der Waals surface area contributed by atoms with E-state index in [9.17, 15) is 28.8 Å². The van der Waals surface area contributed by atoms with Gasteiger partial charge in [0.05, 0.1) is 39.6 Å². The number of carbonyl (C=O) groups is 6. The summed E-state index contributed by atoms with van der Waals surface area (Å²) in [5.74, 6) is -3.53. The van der Waals surface area contributed by atoms with Crippen LogP contribution in [0.25, 0.3) is 33.3 Å². The van der Waals surface area contributed by atoms with Gasteiger partial charge in [-0.25, -0.2) is 14.4 Å². The molecule has 2 atom stereocenters. The van der Waals surface area contributed by atoms with Gasteiger partial charge in [-0.2, -0.15) is 0 Å². The molecule has 7 rings (SSSR count). The van der Waals surface area contributed by atoms with Crippen molar-refractivity contribution < 1.29 is 70.4 Å². The van der Waals surface area contributed by atoms with Gasteiger partial charge < -0.3 is 56.6 Å². The summed E-state index contributed by atoms with van der Waals surface area (Å²) in [7, 11) is 0. The number of ether oxygens (including phenoxy) is 6. The topological polar surface area (TPSA) is 245 Å². The van der Waals surface area contributed by atoms with E-state index in [1.165, 1.54) is 24.5 Å². The summed E-state index contributed by atoms with van der Waals surface area (Å²) in [5.41, 5.74) is 0.893. The van der Waals surface area contributed by atoms with Gasteiger partial charge in [0.25, 0.3) is 0 Å². The average molecular weight is 888 g/mol. The van der Waals surface area contributed by atoms with Gasteiger partial charge in [0.1, 0.15) is 28.6 Å². The predicted octanol–water partition coefficient (Wildman–Crippen LogP) is 8.80. The number of furan rings is 3. The second-order valence-electron chi connectivity index (χ2n) is 17.8. The Morgan fingerprint density at radius 1 is 0.656 bits per heavy atom. The molecule has 0 bridgehead atoms. The standard InChI is InChI=1S/C46H53N3O15/c1-8-37(61-40(52)32-18-34-28(47-32)14-15-56-34)62-43(54)45(4,5)21-26-17-30-36(60-26)20-33(49-30)41(53)63-42(24(2)3)64-44(55)46(6,7)22-27-16-29-35(59-27)19-31(48-29)39(51)58-23-57-38(50)25-12-10-9-11-13-25/h14-20,24-25,37,42,47-49H,8-13,21-23H2,1-7H3. The number of esters is 6. The Hall–Kier alpha value is -6.72. The summed E-state index contributed by atoms with van der Waals surface area (Å²) < 4.78 is 49.9. The van der Waals surface area contributed by atoms with Crippen LogP contribution in [0, 0.1) is 22.7 Å². The molecule has 2 unspecified atom stereocenters. The van der Waals surface area contributed by atoms with Crippen molar-refractivity contribution in [3.05, 3.63) is 71.3 Å². The molecule has 0 aromatic carbocycles. The Balaban J connectivity index is 0.888. The van der Waals surface area contributed by atoms with E-state index < -0.39 is 66.0 Å². The van der Waals surface area contributed by atoms with E-state index in [2.05, 4.69) is 15.0 Å². The molecule has 0 aliphatic heterocycles. The Morgan fingerprint density at radius 2 is 1.19 bits per heavy atom. The Morgan fingerprint density at radius 3 is 1.73 bits per heavy atom. The maximum atomic E-state index is 13.5. The van der Waals surface area contributed by atoms with Crippen LogP contribution in [0.4, 0.5) is 0 Å². The Bertz CT molecular complexity index is 2560. The lowest BCUT2D eigenvalue weighted by Crippen LogP contribution is -2.36. The van der Waals surface area contributed by atoms with Gasteiger partial charge in [-0.1, -0.05) is 40.0 Å². The molecule has 342 valence electrons. The van der Waals surface area contributed by atoms with E-state index in [1.54, 1.807) is 66.7 Å². The molecule has 3 N–H and O–H groups in total. The quantitative estimate of drug-likeness (QED) is 0.0415. The Labute approximate surface area is 366 Å². The van der Waals surface area contributed by atoms with Crippen LogP contribution in [0.5, 0.6) is 0 Å². The van der Waals surface area contributed by atoms with Crippen molar-refractivity contribution in [2.24, 2.45) is 22.7 Å². The highest BCUT2D eigenvalue weighted by Crippen LogP contribution is 2.32. The molecule has 1 aliphatic carbocycles. The normalized spacial score (nSPS) is 14.8. The fourth-order valence-electron chi connectivity index (χ4n) is 7.38. The minimum atomic E-state index is -1.24. The van der Waals surface area contributed by atoms with Gasteiger partial charge in [-0.15, -0.1) is 0 Å². The third-order valence-electron chi connectivity index (χ3n) is 11.1. The SMILES string of the molecule is CCC(OC(=O)c1cc2occc2[nH]1)OC(=O)C(C)(C)Cc1cc2[nH]c(C(=O)OC(OC(=O)C(C)(C)Cc3cc4[nH]c(C(=O)OCOC(=O)C5CCCCC5)cc4o3)C(C)C)cc2o1. The maximum absolute atomic E-state index is 13.5. The van der Waals surface area contributed by atoms with E-state index in [-0.39, 0.29) is 48.2 Å². The first kappa shape index (κ1) is 45.3. The van der Waals surface area contributed by atoms with Crippen LogP contribution in [-0.2, 0) is 55.6 Å². The number of H-pyrrole nitrogens is 3. The minimum Gasteiger partial charge on any atom is -0.463 e. The number of aromatic amines is 3. The van der Waals surface area contributed by atoms with Crippen molar-refractivity contribution in [2.75, 3.05) is 6.79 Å². The summed E-state index contributed by atoms with van der Waals surface area (Å²) in [5, 5.41) is 0. The van der Waals surface area contributed by atoms with E-state index in [0.29, 0.717) is 44.8 Å². The largest absolute Gasteiger partial charge is 0.463 e. The number of rotatable bonds is 18. The molecule has 64 heavy (non-hydrogen) atoms. The molecule has 6 aromatic heterocycles. The molecule has 1 aliphatic rings. The fourth-order valence-corrected chi connectivity index (χ4v) is 7.38. The molecular weight excluding hydrogens is 835 g/mol. The highest BCUT2D eigenvalue weighted by molar-refractivity contribution is 5.95. The molecule has 1 saturated carbocycles. The number of hydrogen-bond acceptors (Lipinski definition) is 15. The second kappa shape index (κ2) is 18.6. The predicted molar refractivity (Wildman–Crippen MR) is 225 cm³/mol. The van der Waals surface area contributed by atoms with Crippen molar-refractivity contribution in [3.8, 4) is 0 Å². The molecule has 0 radical (unpaired) electrons. The molecule has 0 amide bonds. The number of nitrogens with one attached hydrogen (secondary N) is 3. The fraction of sp³-hybridized carbons (Fsp3) is 0.478. The third kappa shape index (κ3) is 10.4. The molecule has 6 heterocycles. The van der Waals surface area contributed by atoms with Crippen molar-refractivity contribution in [3.63, 3.8) is 0 Å². The first-order chi connectivity index (χ1) is 30.4. The zero-order valence-electron chi connectivity index (χ0n) is 36.8. The third-order valence-corrected chi connectivity index (χ3v) is 11.1. The first-order valence-electron chi connectivity index (χ1n) is 21.4. The maximum Gasteiger partial charge on any atom is 0.357 e. The molecule has 1 fully saturated rings. The zero-order chi connectivity index (χ0) is 45.9. The number of hydrogen-bond donors (Lipinski definition) is 3. The summed E-state index contributed by atoms with van der Waals surface area (Å²) in [6.45, 7) is 11.4. The minimum absolute atomic E-state index is 0.0526. The lowest BCUT2D eigenvalue weighted by molar-refractivity contribution is -0.186. The van der Waals surface area contributed by atoms with Crippen molar-refractivity contribution in [1.29, 1.82) is 0 Å². The van der Waals surface area contributed by atoms with E-state index in [4.69, 9.17) is 41.7 Å². The molecule has 0 saturated heterocycles. The van der Waals surface area contributed by atoms with Crippen LogP contribution in [0.2, 0.25) is 0 Å². The molecular formula is C46H53N3O15. The number of fused-ring (bicyclic) bond motifs is 3. The first-order valence-corrected chi connectivity index (χ1v) is 21.4. The number of aromatic nitrogens is 3. The van der Waals surface area contributed by atoms with Gasteiger partial charge in [-0.3, -0.25) is 14.4 Å². The summed E-state index contributed by atoms with van der Waals surface area (Å²) >= 11 is 0. The summed E-state index contributed by atoms with van der Waals surface area (Å²) in [6, 6.07) is 9.42. The monoisotopic (exact) mass is 887 g/mol. The molecule has 18 heteroatoms. The highest BCUT2D eigenvalue weighted by atomic mass is 16.7. The van der Waals surface area contributed by atoms with Gasteiger partial charge in [-0.05, 0) is 40.5 Å². The van der Waals surface area contributed by atoms with Crippen LogP contribution in [0.15, 0.2) is 55.9 Å². The average Bonchev–Trinajstić information content (AvgIpc) is 4.10. The lowest BCUT2D eigenvalue weighted by Gasteiger charge is -2.27. The molecule has 18 nitrogen and oxygen atoms in total. The Kier molecular flexibility index (Phi) is 13.1. The van der Waals surface area contributed by atoms with Gasteiger partial charge in [0.15, 0.2) is 16.7 Å². The summed E-state index contributed by atoms with van der Waals surface area (Å²) in [4.78, 5) is 86.4. The van der Waals surface area contributed by atoms with Crippen LogP contribution in [0.1, 0.15) is 130 Å². The van der Waals surface area contributed by atoms with E-state index in [1.807, 2.05) is 0 Å². The number of carbonyl (C=O) groups excluding carboxylic acids is 6. The molecule has 6 aromatic rings. The molecule has 0 spiro atoms. The van der Waals surface area contributed by atoms with Gasteiger partial charge >= 0.3 is 35.8 Å². The van der Waals surface area contributed by atoms with Gasteiger partial charge in [0, 0.05) is 61.6 Å². The van der Waals surface area contributed by atoms with Crippen molar-refractivity contribution in [2.45, 2.75) is 112 Å². The van der Waals surface area contributed by atoms with Crippen LogP contribution >= 0.6 is 0 Å². The van der Waals surface area contributed by atoms with E-state index >= 15 is 0 Å². The van der Waals surface area contributed by atoms with Crippen molar-refractivity contribution >= 4 is 69.1 Å². The smallest absolute Gasteiger partial charge is 0.357 e. The summed E-state index contributed by atoms with van der Waals surface area (Å²) in [6.07, 6.45) is 4.19. The van der Waals surface area contributed by atoms with Crippen LogP contribution in [-0.4, -0.2) is 70.1 Å². The van der Waals surface area contributed by atoms with Crippen molar-refractivity contribution in [1.82, 2.24) is 15.0 Å². The zero-order valence-corrected chi connectivity index (χ0v) is 36.8. The lowest BCUT2D eigenvalue weighted by atomic mass is 9.88. The van der Waals surface area contributed by atoms with Crippen LogP contribution in [0.3, 0.4) is 0 Å². The van der Waals surface area contributed by atoms with Crippen LogP contribution < -0.4 is 0 Å². The highest BCUT2D eigenvalue weighted by Gasteiger charge is 2.37. The van der Waals surface area contributed by atoms with E-state index in [0.717, 1.165) is 32.1 Å². The van der Waals surface area contributed by atoms with Gasteiger partial charge in [0.2, 0.25) is 19.4 Å².